The first-order chi connectivity index (χ1) is 18.0. The molecule has 0 bridgehead atoms. The minimum Gasteiger partial charge on any atom is -0.380 e. The Morgan fingerprint density at radius 2 is 2.14 bits per heavy atom. The van der Waals surface area contributed by atoms with Gasteiger partial charge in [-0.3, -0.25) is 14.5 Å². The van der Waals surface area contributed by atoms with E-state index in [-0.39, 0.29) is 23.5 Å². The van der Waals surface area contributed by atoms with Gasteiger partial charge in [0.05, 0.1) is 30.6 Å². The standard InChI is InChI=1S/C27H37N5O4S/c1-3-10-28-24(33)21-14-19(15-32-12-13-36-18-27(32)8-4-9-27)5-6-22(21)29-25(34)23-17-37-26(30-23)31-11-7-20(16-31)35-2/h5-6,14,17,20H,3-4,7-13,15-16,18H2,1-2H3,(H,28,33)(H,29,34)/t20-/m0/s1. The Morgan fingerprint density at radius 1 is 1.27 bits per heavy atom. The number of morpholine rings is 1. The highest BCUT2D eigenvalue weighted by molar-refractivity contribution is 7.14. The highest BCUT2D eigenvalue weighted by atomic mass is 32.1. The molecule has 1 aromatic heterocycles. The largest absolute Gasteiger partial charge is 0.380 e. The van der Waals surface area contributed by atoms with Crippen LogP contribution in [0.2, 0.25) is 0 Å². The van der Waals surface area contributed by atoms with Gasteiger partial charge in [0.2, 0.25) is 0 Å². The van der Waals surface area contributed by atoms with Gasteiger partial charge in [0.1, 0.15) is 5.69 Å². The van der Waals surface area contributed by atoms with Crippen molar-refractivity contribution in [2.75, 3.05) is 56.7 Å². The lowest BCUT2D eigenvalue weighted by molar-refractivity contribution is -0.111. The second-order valence-corrected chi connectivity index (χ2v) is 11.1. The monoisotopic (exact) mass is 527 g/mol. The first-order valence-corrected chi connectivity index (χ1v) is 14.2. The van der Waals surface area contributed by atoms with Crippen LogP contribution >= 0.6 is 11.3 Å². The maximum absolute atomic E-state index is 13.1. The number of aromatic nitrogens is 1. The van der Waals surface area contributed by atoms with Crippen LogP contribution in [-0.4, -0.2) is 79.8 Å². The number of hydrogen-bond donors (Lipinski definition) is 2. The van der Waals surface area contributed by atoms with Crippen molar-refractivity contribution in [3.63, 3.8) is 0 Å². The van der Waals surface area contributed by atoms with Crippen LogP contribution in [0.5, 0.6) is 0 Å². The number of nitrogens with one attached hydrogen (secondary N) is 2. The fourth-order valence-electron chi connectivity index (χ4n) is 5.39. The Kier molecular flexibility index (Phi) is 8.09. The molecule has 9 nitrogen and oxygen atoms in total. The van der Waals surface area contributed by atoms with Crippen molar-refractivity contribution in [2.24, 2.45) is 0 Å². The molecular weight excluding hydrogens is 490 g/mol. The number of carbonyl (C=O) groups excluding carboxylic acids is 2. The number of carbonyl (C=O) groups is 2. The van der Waals surface area contributed by atoms with Gasteiger partial charge in [0.25, 0.3) is 11.8 Å². The molecule has 3 aliphatic rings. The molecule has 5 rings (SSSR count). The zero-order valence-corrected chi connectivity index (χ0v) is 22.6. The summed E-state index contributed by atoms with van der Waals surface area (Å²) in [5, 5.41) is 8.50. The molecule has 1 saturated carbocycles. The van der Waals surface area contributed by atoms with Crippen LogP contribution < -0.4 is 15.5 Å². The van der Waals surface area contributed by atoms with Gasteiger partial charge in [-0.2, -0.15) is 0 Å². The summed E-state index contributed by atoms with van der Waals surface area (Å²) in [5.74, 6) is -0.496. The lowest BCUT2D eigenvalue weighted by atomic mass is 9.75. The van der Waals surface area contributed by atoms with Crippen molar-refractivity contribution in [3.8, 4) is 0 Å². The minimum atomic E-state index is -0.316. The van der Waals surface area contributed by atoms with E-state index in [2.05, 4.69) is 25.4 Å². The molecular formula is C27H37N5O4S. The van der Waals surface area contributed by atoms with Crippen LogP contribution in [0.1, 0.15) is 65.4 Å². The highest BCUT2D eigenvalue weighted by Crippen LogP contribution is 2.40. The Hall–Kier alpha value is -2.53. The Bertz CT molecular complexity index is 1120. The molecule has 1 aliphatic carbocycles. The number of anilines is 2. The van der Waals surface area contributed by atoms with E-state index in [1.807, 2.05) is 25.1 Å². The van der Waals surface area contributed by atoms with Crippen LogP contribution in [0.25, 0.3) is 0 Å². The van der Waals surface area contributed by atoms with Gasteiger partial charge >= 0.3 is 0 Å². The van der Waals surface area contributed by atoms with E-state index in [1.54, 1.807) is 12.5 Å². The van der Waals surface area contributed by atoms with Gasteiger partial charge in [-0.05, 0) is 49.8 Å². The molecule has 1 spiro atoms. The number of amides is 2. The summed E-state index contributed by atoms with van der Waals surface area (Å²) in [7, 11) is 1.72. The van der Waals surface area contributed by atoms with Gasteiger partial charge in [-0.25, -0.2) is 4.98 Å². The molecule has 1 atom stereocenters. The summed E-state index contributed by atoms with van der Waals surface area (Å²) < 4.78 is 11.2. The molecule has 2 aliphatic heterocycles. The van der Waals surface area contributed by atoms with Gasteiger partial charge in [-0.15, -0.1) is 11.3 Å². The first-order valence-electron chi connectivity index (χ1n) is 13.3. The first kappa shape index (κ1) is 26.1. The summed E-state index contributed by atoms with van der Waals surface area (Å²) in [5.41, 5.74) is 2.53. The predicted molar refractivity (Wildman–Crippen MR) is 145 cm³/mol. The van der Waals surface area contributed by atoms with E-state index in [0.717, 1.165) is 75.8 Å². The van der Waals surface area contributed by atoms with Crippen LogP contribution in [0.4, 0.5) is 10.8 Å². The molecule has 3 fully saturated rings. The topological polar surface area (TPSA) is 96.0 Å². The van der Waals surface area contributed by atoms with Crippen LogP contribution in [0, 0.1) is 0 Å². The maximum atomic E-state index is 13.1. The smallest absolute Gasteiger partial charge is 0.275 e. The van der Waals surface area contributed by atoms with Gasteiger partial charge in [0.15, 0.2) is 5.13 Å². The van der Waals surface area contributed by atoms with E-state index in [1.165, 1.54) is 17.8 Å². The normalized spacial score (nSPS) is 21.1. The molecule has 200 valence electrons. The zero-order chi connectivity index (χ0) is 25.8. The Balaban J connectivity index is 1.32. The number of methoxy groups -OCH3 is 1. The van der Waals surface area contributed by atoms with Gasteiger partial charge in [-0.1, -0.05) is 13.0 Å². The van der Waals surface area contributed by atoms with Crippen molar-refractivity contribution >= 4 is 34.0 Å². The third kappa shape index (κ3) is 5.67. The summed E-state index contributed by atoms with van der Waals surface area (Å²) in [6.07, 6.45) is 5.53. The van der Waals surface area contributed by atoms with Crippen LogP contribution in [-0.2, 0) is 16.0 Å². The molecule has 0 radical (unpaired) electrons. The second-order valence-electron chi connectivity index (χ2n) is 10.2. The van der Waals surface area contributed by atoms with Crippen molar-refractivity contribution in [1.82, 2.24) is 15.2 Å². The number of rotatable bonds is 9. The van der Waals surface area contributed by atoms with Crippen LogP contribution in [0.15, 0.2) is 23.6 Å². The van der Waals surface area contributed by atoms with Gasteiger partial charge in [0, 0.05) is 50.8 Å². The fraction of sp³-hybridized carbons (Fsp3) is 0.593. The average Bonchev–Trinajstić information content (AvgIpc) is 3.57. The van der Waals surface area contributed by atoms with Crippen molar-refractivity contribution < 1.29 is 19.1 Å². The van der Waals surface area contributed by atoms with E-state index in [0.29, 0.717) is 23.5 Å². The predicted octanol–water partition coefficient (Wildman–Crippen LogP) is 3.52. The zero-order valence-electron chi connectivity index (χ0n) is 21.8. The molecule has 2 N–H and O–H groups in total. The maximum Gasteiger partial charge on any atom is 0.275 e. The molecule has 2 aromatic rings. The van der Waals surface area contributed by atoms with Gasteiger partial charge < -0.3 is 25.0 Å². The molecule has 2 saturated heterocycles. The van der Waals surface area contributed by atoms with E-state index in [4.69, 9.17) is 9.47 Å². The van der Waals surface area contributed by atoms with Crippen molar-refractivity contribution in [2.45, 2.75) is 57.2 Å². The Labute approximate surface area is 222 Å². The second kappa shape index (κ2) is 11.5. The third-order valence-corrected chi connectivity index (χ3v) is 8.69. The Morgan fingerprint density at radius 3 is 2.86 bits per heavy atom. The molecule has 0 unspecified atom stereocenters. The van der Waals surface area contributed by atoms with E-state index < -0.39 is 0 Å². The van der Waals surface area contributed by atoms with E-state index in [9.17, 15) is 9.59 Å². The number of ether oxygens (including phenoxy) is 2. The van der Waals surface area contributed by atoms with Crippen LogP contribution in [0.3, 0.4) is 0 Å². The van der Waals surface area contributed by atoms with Crippen molar-refractivity contribution in [1.29, 1.82) is 0 Å². The summed E-state index contributed by atoms with van der Waals surface area (Å²) in [6, 6.07) is 5.78. The highest BCUT2D eigenvalue weighted by Gasteiger charge is 2.44. The number of benzene rings is 1. The number of hydrogen-bond acceptors (Lipinski definition) is 8. The number of nitrogens with zero attached hydrogens (tertiary/aromatic N) is 3. The molecule has 1 aromatic carbocycles. The average molecular weight is 528 g/mol. The molecule has 3 heterocycles. The molecule has 2 amide bonds. The van der Waals surface area contributed by atoms with E-state index >= 15 is 0 Å². The quantitative estimate of drug-likeness (QED) is 0.515. The van der Waals surface area contributed by atoms with Crippen molar-refractivity contribution in [3.05, 3.63) is 40.4 Å². The lowest BCUT2D eigenvalue weighted by Gasteiger charge is -2.52. The minimum absolute atomic E-state index is 0.136. The fourth-order valence-corrected chi connectivity index (χ4v) is 6.24. The molecule has 37 heavy (non-hydrogen) atoms. The number of thiazole rings is 1. The summed E-state index contributed by atoms with van der Waals surface area (Å²) >= 11 is 1.45. The summed E-state index contributed by atoms with van der Waals surface area (Å²) in [6.45, 7) is 7.41. The summed E-state index contributed by atoms with van der Waals surface area (Å²) in [4.78, 5) is 35.4. The third-order valence-electron chi connectivity index (χ3n) is 7.79. The SMILES string of the molecule is CCCNC(=O)c1cc(CN2CCOCC23CCC3)ccc1NC(=O)c1csc(N2CC[C@H](OC)C2)n1. The lowest BCUT2D eigenvalue weighted by Crippen LogP contribution is -2.60. The molecule has 10 heteroatoms.